The molecule has 1 N–H and O–H groups in total. The van der Waals surface area contributed by atoms with E-state index in [2.05, 4.69) is 21.2 Å². The number of hydrogen-bond donors (Lipinski definition) is 1. The standard InChI is InChI=1S/C17H19BrClNO2/c1-3-22-17-13(14(18)8-9-16(17)21-2)11-20-10-12-6-4-5-7-15(12)19/h4-9,20H,3,10-11H2,1-2H3. The molecule has 2 aromatic rings. The van der Waals surface area contributed by atoms with Crippen molar-refractivity contribution in [2.45, 2.75) is 20.0 Å². The van der Waals surface area contributed by atoms with Gasteiger partial charge in [0.1, 0.15) is 0 Å². The van der Waals surface area contributed by atoms with Crippen LogP contribution in [0.25, 0.3) is 0 Å². The highest BCUT2D eigenvalue weighted by molar-refractivity contribution is 9.10. The minimum Gasteiger partial charge on any atom is -0.493 e. The Kier molecular flexibility index (Phi) is 6.55. The summed E-state index contributed by atoms with van der Waals surface area (Å²) in [5, 5.41) is 4.17. The van der Waals surface area contributed by atoms with E-state index >= 15 is 0 Å². The molecule has 0 aliphatic rings. The Balaban J connectivity index is 2.13. The first-order valence-corrected chi connectivity index (χ1v) is 8.26. The molecule has 0 saturated heterocycles. The van der Waals surface area contributed by atoms with Gasteiger partial charge >= 0.3 is 0 Å². The van der Waals surface area contributed by atoms with Crippen molar-refractivity contribution in [2.75, 3.05) is 13.7 Å². The van der Waals surface area contributed by atoms with Gasteiger partial charge in [0.15, 0.2) is 11.5 Å². The fraction of sp³-hybridized carbons (Fsp3) is 0.294. The van der Waals surface area contributed by atoms with Crippen molar-refractivity contribution in [3.05, 3.63) is 57.0 Å². The Bertz CT molecular complexity index is 634. The van der Waals surface area contributed by atoms with E-state index in [1.54, 1.807) is 7.11 Å². The molecule has 0 amide bonds. The third-order valence-electron chi connectivity index (χ3n) is 3.25. The third-order valence-corrected chi connectivity index (χ3v) is 4.36. The zero-order valence-electron chi connectivity index (χ0n) is 12.7. The molecule has 5 heteroatoms. The van der Waals surface area contributed by atoms with Gasteiger partial charge in [-0.3, -0.25) is 0 Å². The van der Waals surface area contributed by atoms with Crippen LogP contribution in [0.1, 0.15) is 18.1 Å². The summed E-state index contributed by atoms with van der Waals surface area (Å²) in [4.78, 5) is 0. The monoisotopic (exact) mass is 383 g/mol. The van der Waals surface area contributed by atoms with Crippen LogP contribution in [0.3, 0.4) is 0 Å². The molecule has 2 rings (SSSR count). The molecule has 22 heavy (non-hydrogen) atoms. The fourth-order valence-corrected chi connectivity index (χ4v) is 2.83. The lowest BCUT2D eigenvalue weighted by Gasteiger charge is -2.16. The zero-order valence-corrected chi connectivity index (χ0v) is 15.0. The van der Waals surface area contributed by atoms with E-state index in [1.165, 1.54) is 0 Å². The van der Waals surface area contributed by atoms with E-state index in [-0.39, 0.29) is 0 Å². The van der Waals surface area contributed by atoms with E-state index in [0.29, 0.717) is 19.7 Å². The quantitative estimate of drug-likeness (QED) is 0.744. The number of halogens is 2. The molecular weight excluding hydrogens is 366 g/mol. The lowest BCUT2D eigenvalue weighted by Crippen LogP contribution is -2.15. The largest absolute Gasteiger partial charge is 0.493 e. The van der Waals surface area contributed by atoms with Crippen LogP contribution in [0.15, 0.2) is 40.9 Å². The van der Waals surface area contributed by atoms with Crippen LogP contribution in [0.4, 0.5) is 0 Å². The maximum atomic E-state index is 6.17. The van der Waals surface area contributed by atoms with Crippen LogP contribution in [0.2, 0.25) is 5.02 Å². The summed E-state index contributed by atoms with van der Waals surface area (Å²) in [6, 6.07) is 11.7. The van der Waals surface area contributed by atoms with Crippen LogP contribution in [-0.2, 0) is 13.1 Å². The normalized spacial score (nSPS) is 10.5. The molecule has 2 aromatic carbocycles. The summed E-state index contributed by atoms with van der Waals surface area (Å²) in [6.07, 6.45) is 0. The Morgan fingerprint density at radius 3 is 2.59 bits per heavy atom. The van der Waals surface area contributed by atoms with Gasteiger partial charge in [-0.05, 0) is 30.7 Å². The molecule has 0 aliphatic heterocycles. The van der Waals surface area contributed by atoms with Crippen molar-refractivity contribution in [3.63, 3.8) is 0 Å². The molecule has 0 bridgehead atoms. The van der Waals surface area contributed by atoms with Crippen molar-refractivity contribution < 1.29 is 9.47 Å². The van der Waals surface area contributed by atoms with E-state index in [9.17, 15) is 0 Å². The van der Waals surface area contributed by atoms with Crippen LogP contribution in [0.5, 0.6) is 11.5 Å². The number of nitrogens with one attached hydrogen (secondary N) is 1. The van der Waals surface area contributed by atoms with Gasteiger partial charge in [0.25, 0.3) is 0 Å². The summed E-state index contributed by atoms with van der Waals surface area (Å²) in [7, 11) is 1.65. The van der Waals surface area contributed by atoms with E-state index in [4.69, 9.17) is 21.1 Å². The minimum atomic E-state index is 0.588. The molecule has 118 valence electrons. The second-order valence-electron chi connectivity index (χ2n) is 4.69. The topological polar surface area (TPSA) is 30.5 Å². The summed E-state index contributed by atoms with van der Waals surface area (Å²) >= 11 is 9.75. The number of benzene rings is 2. The number of rotatable bonds is 7. The predicted octanol–water partition coefficient (Wildman–Crippen LogP) is 4.80. The van der Waals surface area contributed by atoms with Gasteiger partial charge < -0.3 is 14.8 Å². The third kappa shape index (κ3) is 4.15. The van der Waals surface area contributed by atoms with E-state index < -0.39 is 0 Å². The molecule has 0 saturated carbocycles. The van der Waals surface area contributed by atoms with Crippen molar-refractivity contribution in [1.82, 2.24) is 5.32 Å². The molecule has 0 aromatic heterocycles. The van der Waals surface area contributed by atoms with Crippen molar-refractivity contribution in [3.8, 4) is 11.5 Å². The molecule has 0 radical (unpaired) electrons. The summed E-state index contributed by atoms with van der Waals surface area (Å²) < 4.78 is 12.1. The number of hydrogen-bond acceptors (Lipinski definition) is 3. The first-order valence-electron chi connectivity index (χ1n) is 7.09. The molecule has 0 atom stereocenters. The summed E-state index contributed by atoms with van der Waals surface area (Å²) in [5.41, 5.74) is 2.11. The highest BCUT2D eigenvalue weighted by Gasteiger charge is 2.14. The molecule has 3 nitrogen and oxygen atoms in total. The molecule has 0 fully saturated rings. The van der Waals surface area contributed by atoms with Gasteiger partial charge in [-0.1, -0.05) is 45.7 Å². The van der Waals surface area contributed by atoms with Gasteiger partial charge in [0, 0.05) is 28.1 Å². The first kappa shape index (κ1) is 17.1. The van der Waals surface area contributed by atoms with Gasteiger partial charge in [0.05, 0.1) is 13.7 Å². The molecule has 0 unspecified atom stereocenters. The fourth-order valence-electron chi connectivity index (χ4n) is 2.17. The van der Waals surface area contributed by atoms with Crippen LogP contribution < -0.4 is 14.8 Å². The number of methoxy groups -OCH3 is 1. The van der Waals surface area contributed by atoms with Gasteiger partial charge in [0.2, 0.25) is 0 Å². The predicted molar refractivity (Wildman–Crippen MR) is 93.9 cm³/mol. The molecule has 0 heterocycles. The maximum Gasteiger partial charge on any atom is 0.166 e. The smallest absolute Gasteiger partial charge is 0.166 e. The second kappa shape index (κ2) is 8.42. The van der Waals surface area contributed by atoms with Crippen LogP contribution in [-0.4, -0.2) is 13.7 Å². The Hall–Kier alpha value is -1.23. The lowest BCUT2D eigenvalue weighted by atomic mass is 10.1. The number of ether oxygens (including phenoxy) is 2. The molecule has 0 spiro atoms. The maximum absolute atomic E-state index is 6.17. The Morgan fingerprint density at radius 2 is 1.91 bits per heavy atom. The Labute approximate surface area is 144 Å². The second-order valence-corrected chi connectivity index (χ2v) is 5.95. The SMILES string of the molecule is CCOc1c(OC)ccc(Br)c1CNCc1ccccc1Cl. The first-order chi connectivity index (χ1) is 10.7. The summed E-state index contributed by atoms with van der Waals surface area (Å²) in [6.45, 7) is 3.89. The highest BCUT2D eigenvalue weighted by atomic mass is 79.9. The minimum absolute atomic E-state index is 0.588. The summed E-state index contributed by atoms with van der Waals surface area (Å²) in [5.74, 6) is 1.51. The van der Waals surface area contributed by atoms with Crippen molar-refractivity contribution in [1.29, 1.82) is 0 Å². The van der Waals surface area contributed by atoms with Crippen LogP contribution >= 0.6 is 27.5 Å². The van der Waals surface area contributed by atoms with Gasteiger partial charge in [-0.25, -0.2) is 0 Å². The zero-order chi connectivity index (χ0) is 15.9. The van der Waals surface area contributed by atoms with E-state index in [1.807, 2.05) is 43.3 Å². The molecule has 0 aliphatic carbocycles. The van der Waals surface area contributed by atoms with Crippen molar-refractivity contribution in [2.24, 2.45) is 0 Å². The average Bonchev–Trinajstić information content (AvgIpc) is 2.52. The van der Waals surface area contributed by atoms with Crippen molar-refractivity contribution >= 4 is 27.5 Å². The van der Waals surface area contributed by atoms with Crippen LogP contribution in [0, 0.1) is 0 Å². The highest BCUT2D eigenvalue weighted by Crippen LogP contribution is 2.36. The van der Waals surface area contributed by atoms with Gasteiger partial charge in [-0.2, -0.15) is 0 Å². The van der Waals surface area contributed by atoms with Gasteiger partial charge in [-0.15, -0.1) is 0 Å². The molecular formula is C17H19BrClNO2. The van der Waals surface area contributed by atoms with E-state index in [0.717, 1.165) is 32.1 Å². The Morgan fingerprint density at radius 1 is 1.14 bits per heavy atom. The average molecular weight is 385 g/mol. The lowest BCUT2D eigenvalue weighted by molar-refractivity contribution is 0.306.